The number of rotatable bonds is 3. The van der Waals surface area contributed by atoms with Crippen LogP contribution in [0.3, 0.4) is 0 Å². The first kappa shape index (κ1) is 10.9. The van der Waals surface area contributed by atoms with Gasteiger partial charge in [-0.25, -0.2) is 14.4 Å². The van der Waals surface area contributed by atoms with Crippen molar-refractivity contribution in [2.24, 2.45) is 5.73 Å². The third-order valence-corrected chi connectivity index (χ3v) is 2.68. The van der Waals surface area contributed by atoms with Crippen LogP contribution in [0.15, 0.2) is 35.1 Å². The van der Waals surface area contributed by atoms with Crippen LogP contribution in [0.4, 0.5) is 4.39 Å². The monoisotopic (exact) mass is 246 g/mol. The van der Waals surface area contributed by atoms with Gasteiger partial charge in [0.2, 0.25) is 5.89 Å². The van der Waals surface area contributed by atoms with Crippen LogP contribution < -0.4 is 5.73 Å². The molecule has 1 atom stereocenters. The van der Waals surface area contributed by atoms with Crippen LogP contribution in [0.5, 0.6) is 0 Å². The molecule has 18 heavy (non-hydrogen) atoms. The highest BCUT2D eigenvalue weighted by molar-refractivity contribution is 5.72. The number of hydrogen-bond acceptors (Lipinski definition) is 4. The second kappa shape index (κ2) is 4.23. The lowest BCUT2D eigenvalue weighted by Gasteiger charge is -2.04. The van der Waals surface area contributed by atoms with Gasteiger partial charge in [-0.1, -0.05) is 0 Å². The Morgan fingerprint density at radius 1 is 1.44 bits per heavy atom. The molecule has 0 saturated heterocycles. The highest BCUT2D eigenvalue weighted by Gasteiger charge is 2.15. The van der Waals surface area contributed by atoms with Gasteiger partial charge in [-0.3, -0.25) is 0 Å². The maximum atomic E-state index is 13.0. The van der Waals surface area contributed by atoms with E-state index in [0.29, 0.717) is 23.4 Å². The van der Waals surface area contributed by atoms with E-state index in [-0.39, 0.29) is 11.9 Å². The smallest absolute Gasteiger partial charge is 0.212 e. The van der Waals surface area contributed by atoms with E-state index < -0.39 is 0 Å². The van der Waals surface area contributed by atoms with Crippen LogP contribution in [0, 0.1) is 5.82 Å². The van der Waals surface area contributed by atoms with E-state index in [1.54, 1.807) is 18.6 Å². The molecule has 1 unspecified atom stereocenters. The van der Waals surface area contributed by atoms with Gasteiger partial charge < -0.3 is 15.1 Å². The van der Waals surface area contributed by atoms with Crippen LogP contribution in [0.1, 0.15) is 17.6 Å². The zero-order valence-corrected chi connectivity index (χ0v) is 9.43. The lowest BCUT2D eigenvalue weighted by molar-refractivity contribution is 0.471. The summed E-state index contributed by atoms with van der Waals surface area (Å²) in [5, 5.41) is 0. The molecule has 0 aliphatic heterocycles. The number of imidazole rings is 1. The van der Waals surface area contributed by atoms with Gasteiger partial charge in [0.05, 0.1) is 12.4 Å². The van der Waals surface area contributed by atoms with E-state index in [9.17, 15) is 4.39 Å². The van der Waals surface area contributed by atoms with E-state index in [1.165, 1.54) is 12.1 Å². The molecule has 2 heterocycles. The molecule has 0 aliphatic carbocycles. The SMILES string of the molecule is NC(Cc1cnc[nH]1)c1nc2ccc(F)cc2o1. The number of halogens is 1. The molecule has 3 aromatic rings. The van der Waals surface area contributed by atoms with Crippen molar-refractivity contribution < 1.29 is 8.81 Å². The van der Waals surface area contributed by atoms with Crippen molar-refractivity contribution in [1.29, 1.82) is 0 Å². The van der Waals surface area contributed by atoms with Gasteiger partial charge in [0.15, 0.2) is 5.58 Å². The second-order valence-electron chi connectivity index (χ2n) is 4.05. The number of aromatic amines is 1. The summed E-state index contributed by atoms with van der Waals surface area (Å²) < 4.78 is 18.5. The average molecular weight is 246 g/mol. The summed E-state index contributed by atoms with van der Waals surface area (Å²) in [7, 11) is 0. The fourth-order valence-electron chi connectivity index (χ4n) is 1.80. The van der Waals surface area contributed by atoms with Gasteiger partial charge in [-0.15, -0.1) is 0 Å². The molecule has 2 aromatic heterocycles. The Bertz CT molecular complexity index is 662. The van der Waals surface area contributed by atoms with Gasteiger partial charge in [-0.2, -0.15) is 0 Å². The van der Waals surface area contributed by atoms with E-state index in [1.807, 2.05) is 0 Å². The van der Waals surface area contributed by atoms with Crippen LogP contribution in [-0.2, 0) is 6.42 Å². The minimum absolute atomic E-state index is 0.354. The van der Waals surface area contributed by atoms with Crippen molar-refractivity contribution in [2.45, 2.75) is 12.5 Å². The molecule has 1 aromatic carbocycles. The van der Waals surface area contributed by atoms with Crippen LogP contribution >= 0.6 is 0 Å². The molecule has 6 heteroatoms. The largest absolute Gasteiger partial charge is 0.439 e. The minimum atomic E-state index is -0.388. The highest BCUT2D eigenvalue weighted by Crippen LogP contribution is 2.21. The summed E-state index contributed by atoms with van der Waals surface area (Å²) in [6.07, 6.45) is 3.82. The van der Waals surface area contributed by atoms with E-state index in [0.717, 1.165) is 5.69 Å². The van der Waals surface area contributed by atoms with Crippen molar-refractivity contribution in [1.82, 2.24) is 15.0 Å². The average Bonchev–Trinajstić information content (AvgIpc) is 2.96. The Balaban J connectivity index is 1.89. The zero-order valence-electron chi connectivity index (χ0n) is 9.43. The predicted octanol–water partition coefficient (Wildman–Crippen LogP) is 1.93. The molecule has 0 aliphatic rings. The van der Waals surface area contributed by atoms with E-state index in [2.05, 4.69) is 15.0 Å². The molecule has 3 rings (SSSR count). The quantitative estimate of drug-likeness (QED) is 0.740. The topological polar surface area (TPSA) is 80.7 Å². The maximum absolute atomic E-state index is 13.0. The van der Waals surface area contributed by atoms with E-state index >= 15 is 0 Å². The zero-order chi connectivity index (χ0) is 12.5. The first-order valence-corrected chi connectivity index (χ1v) is 5.51. The molecule has 0 fully saturated rings. The Morgan fingerprint density at radius 2 is 2.33 bits per heavy atom. The lowest BCUT2D eigenvalue weighted by atomic mass is 10.2. The summed E-state index contributed by atoms with van der Waals surface area (Å²) in [4.78, 5) is 11.1. The number of benzene rings is 1. The Morgan fingerprint density at radius 3 is 3.11 bits per heavy atom. The van der Waals surface area contributed by atoms with Crippen molar-refractivity contribution >= 4 is 11.1 Å². The van der Waals surface area contributed by atoms with Gasteiger partial charge >= 0.3 is 0 Å². The first-order chi connectivity index (χ1) is 8.72. The highest BCUT2D eigenvalue weighted by atomic mass is 19.1. The van der Waals surface area contributed by atoms with Crippen molar-refractivity contribution in [3.8, 4) is 0 Å². The molecule has 0 spiro atoms. The number of oxazole rings is 1. The fourth-order valence-corrected chi connectivity index (χ4v) is 1.80. The lowest BCUT2D eigenvalue weighted by Crippen LogP contribution is -2.13. The molecule has 0 bridgehead atoms. The predicted molar refractivity (Wildman–Crippen MR) is 63.2 cm³/mol. The molecule has 5 nitrogen and oxygen atoms in total. The molecule has 0 amide bonds. The standard InChI is InChI=1S/C12H11FN4O/c13-7-1-2-10-11(3-7)18-12(17-10)9(14)4-8-5-15-6-16-8/h1-3,5-6,9H,4,14H2,(H,15,16). The second-order valence-corrected chi connectivity index (χ2v) is 4.05. The van der Waals surface area contributed by atoms with Crippen molar-refractivity contribution in [2.75, 3.05) is 0 Å². The number of hydrogen-bond donors (Lipinski definition) is 2. The fraction of sp³-hybridized carbons (Fsp3) is 0.167. The number of fused-ring (bicyclic) bond motifs is 1. The minimum Gasteiger partial charge on any atom is -0.439 e. The number of nitrogens with zero attached hydrogens (tertiary/aromatic N) is 2. The molecular formula is C12H11FN4O. The number of aromatic nitrogens is 3. The van der Waals surface area contributed by atoms with Gasteiger partial charge in [0.1, 0.15) is 11.3 Å². The molecule has 92 valence electrons. The first-order valence-electron chi connectivity index (χ1n) is 5.51. The van der Waals surface area contributed by atoms with Crippen LogP contribution in [-0.4, -0.2) is 15.0 Å². The molecule has 0 saturated carbocycles. The van der Waals surface area contributed by atoms with Crippen LogP contribution in [0.2, 0.25) is 0 Å². The van der Waals surface area contributed by atoms with E-state index in [4.69, 9.17) is 10.2 Å². The molecule has 3 N–H and O–H groups in total. The summed E-state index contributed by atoms with van der Waals surface area (Å²) in [6.45, 7) is 0. The Hall–Kier alpha value is -2.21. The van der Waals surface area contributed by atoms with Crippen molar-refractivity contribution in [3.63, 3.8) is 0 Å². The molecule has 0 radical (unpaired) electrons. The summed E-state index contributed by atoms with van der Waals surface area (Å²) in [5.41, 5.74) is 7.90. The number of nitrogens with one attached hydrogen (secondary N) is 1. The normalized spacial score (nSPS) is 13.0. The summed E-state index contributed by atoms with van der Waals surface area (Å²) in [5.74, 6) is 0.0394. The Kier molecular flexibility index (Phi) is 2.56. The molecular weight excluding hydrogens is 235 g/mol. The third kappa shape index (κ3) is 1.98. The summed E-state index contributed by atoms with van der Waals surface area (Å²) >= 11 is 0. The Labute approximate surface area is 102 Å². The van der Waals surface area contributed by atoms with Gasteiger partial charge in [-0.05, 0) is 12.1 Å². The van der Waals surface area contributed by atoms with Gasteiger partial charge in [0, 0.05) is 24.4 Å². The van der Waals surface area contributed by atoms with Gasteiger partial charge in [0.25, 0.3) is 0 Å². The van der Waals surface area contributed by atoms with Crippen LogP contribution in [0.25, 0.3) is 11.1 Å². The number of nitrogens with two attached hydrogens (primary N) is 1. The number of H-pyrrole nitrogens is 1. The third-order valence-electron chi connectivity index (χ3n) is 2.68. The summed E-state index contributed by atoms with van der Waals surface area (Å²) in [6, 6.07) is 3.82. The maximum Gasteiger partial charge on any atom is 0.212 e. The van der Waals surface area contributed by atoms with Crippen molar-refractivity contribution in [3.05, 3.63) is 48.1 Å².